The van der Waals surface area contributed by atoms with Crippen molar-refractivity contribution in [2.24, 2.45) is 5.92 Å². The molecule has 0 atom stereocenters. The largest absolute Gasteiger partial charge is 0.347 e. The number of amides is 1. The van der Waals surface area contributed by atoms with E-state index in [1.807, 2.05) is 24.3 Å². The quantitative estimate of drug-likeness (QED) is 0.924. The Kier molecular flexibility index (Phi) is 5.30. The highest BCUT2D eigenvalue weighted by atomic mass is 35.5. The Labute approximate surface area is 147 Å². The molecule has 1 aliphatic heterocycles. The van der Waals surface area contributed by atoms with E-state index in [4.69, 9.17) is 11.6 Å². The molecule has 1 fully saturated rings. The molecule has 126 valence electrons. The lowest BCUT2D eigenvalue weighted by atomic mass is 10.00. The fraction of sp³-hybridized carbons (Fsp3) is 0.389. The molecule has 1 N–H and O–H groups in total. The van der Waals surface area contributed by atoms with Crippen LogP contribution in [0.4, 0.5) is 5.95 Å². The molecule has 1 amide bonds. The number of benzene rings is 1. The molecule has 0 bridgehead atoms. The summed E-state index contributed by atoms with van der Waals surface area (Å²) in [7, 11) is 0. The van der Waals surface area contributed by atoms with Crippen LogP contribution in [0.2, 0.25) is 5.02 Å². The van der Waals surface area contributed by atoms with Crippen LogP contribution in [-0.4, -0.2) is 29.0 Å². The Morgan fingerprint density at radius 3 is 2.67 bits per heavy atom. The van der Waals surface area contributed by atoms with Crippen LogP contribution >= 0.6 is 11.6 Å². The number of anilines is 1. The maximum Gasteiger partial charge on any atom is 0.270 e. The zero-order valence-electron chi connectivity index (χ0n) is 13.7. The van der Waals surface area contributed by atoms with Crippen molar-refractivity contribution < 1.29 is 4.79 Å². The molecule has 6 heteroatoms. The number of carbonyl (C=O) groups excluding carboxylic acids is 1. The SMILES string of the molecule is CC1CCN(c2nccc(C(=O)NCc3ccc(Cl)cc3)n2)CC1. The molecule has 5 nitrogen and oxygen atoms in total. The van der Waals surface area contributed by atoms with Crippen LogP contribution < -0.4 is 10.2 Å². The summed E-state index contributed by atoms with van der Waals surface area (Å²) in [6.07, 6.45) is 3.92. The molecule has 24 heavy (non-hydrogen) atoms. The molecule has 2 heterocycles. The molecule has 0 unspecified atom stereocenters. The monoisotopic (exact) mass is 344 g/mol. The van der Waals surface area contributed by atoms with E-state index in [9.17, 15) is 4.79 Å². The van der Waals surface area contributed by atoms with Gasteiger partial charge < -0.3 is 10.2 Å². The van der Waals surface area contributed by atoms with Crippen molar-refractivity contribution >= 4 is 23.5 Å². The van der Waals surface area contributed by atoms with Crippen LogP contribution in [-0.2, 0) is 6.54 Å². The van der Waals surface area contributed by atoms with Crippen LogP contribution in [0, 0.1) is 5.92 Å². The summed E-state index contributed by atoms with van der Waals surface area (Å²) in [6.45, 7) is 4.59. The molecule has 1 saturated heterocycles. The number of halogens is 1. The van der Waals surface area contributed by atoms with E-state index in [1.165, 1.54) is 0 Å². The molecule has 1 aliphatic rings. The van der Waals surface area contributed by atoms with Gasteiger partial charge in [-0.1, -0.05) is 30.7 Å². The lowest BCUT2D eigenvalue weighted by Gasteiger charge is -2.30. The van der Waals surface area contributed by atoms with Crippen LogP contribution in [0.3, 0.4) is 0 Å². The summed E-state index contributed by atoms with van der Waals surface area (Å²) >= 11 is 5.86. The van der Waals surface area contributed by atoms with Crippen molar-refractivity contribution in [3.63, 3.8) is 0 Å². The standard InChI is InChI=1S/C18H21ClN4O/c1-13-7-10-23(11-8-13)18-20-9-6-16(22-18)17(24)21-12-14-2-4-15(19)5-3-14/h2-6,9,13H,7-8,10-12H2,1H3,(H,21,24). The Hall–Kier alpha value is -2.14. The first-order chi connectivity index (χ1) is 11.6. The summed E-state index contributed by atoms with van der Waals surface area (Å²) in [6, 6.07) is 9.05. The average molecular weight is 345 g/mol. The Bertz CT molecular complexity index is 696. The predicted octanol–water partition coefficient (Wildman–Crippen LogP) is 3.30. The van der Waals surface area contributed by atoms with Gasteiger partial charge in [-0.05, 0) is 42.5 Å². The van der Waals surface area contributed by atoms with Gasteiger partial charge in [0.1, 0.15) is 5.69 Å². The second kappa shape index (κ2) is 7.62. The molecule has 0 radical (unpaired) electrons. The van der Waals surface area contributed by atoms with Crippen LogP contribution in [0.25, 0.3) is 0 Å². The van der Waals surface area contributed by atoms with Gasteiger partial charge in [0.25, 0.3) is 5.91 Å². The van der Waals surface area contributed by atoms with Crippen LogP contribution in [0.5, 0.6) is 0 Å². The molecule has 0 saturated carbocycles. The predicted molar refractivity (Wildman–Crippen MR) is 95.3 cm³/mol. The molecule has 1 aromatic carbocycles. The van der Waals surface area contributed by atoms with Gasteiger partial charge in [-0.3, -0.25) is 4.79 Å². The Morgan fingerprint density at radius 1 is 1.25 bits per heavy atom. The van der Waals surface area contributed by atoms with E-state index < -0.39 is 0 Å². The fourth-order valence-electron chi connectivity index (χ4n) is 2.71. The number of aromatic nitrogens is 2. The second-order valence-electron chi connectivity index (χ2n) is 6.22. The number of hydrogen-bond acceptors (Lipinski definition) is 4. The normalized spacial score (nSPS) is 15.3. The van der Waals surface area contributed by atoms with Gasteiger partial charge in [-0.2, -0.15) is 0 Å². The molecular weight excluding hydrogens is 324 g/mol. The zero-order valence-corrected chi connectivity index (χ0v) is 14.5. The molecular formula is C18H21ClN4O. The van der Waals surface area contributed by atoms with Gasteiger partial charge in [-0.25, -0.2) is 9.97 Å². The van der Waals surface area contributed by atoms with Crippen molar-refractivity contribution in [1.82, 2.24) is 15.3 Å². The van der Waals surface area contributed by atoms with E-state index in [0.29, 0.717) is 23.2 Å². The van der Waals surface area contributed by atoms with Crippen molar-refractivity contribution in [2.75, 3.05) is 18.0 Å². The molecule has 3 rings (SSSR count). The number of hydrogen-bond donors (Lipinski definition) is 1. The van der Waals surface area contributed by atoms with E-state index in [1.54, 1.807) is 12.3 Å². The minimum atomic E-state index is -0.195. The molecule has 0 spiro atoms. The molecule has 0 aliphatic carbocycles. The minimum Gasteiger partial charge on any atom is -0.347 e. The third kappa shape index (κ3) is 4.23. The van der Waals surface area contributed by atoms with Gasteiger partial charge in [0.05, 0.1) is 0 Å². The van der Waals surface area contributed by atoms with E-state index >= 15 is 0 Å². The number of nitrogens with zero attached hydrogens (tertiary/aromatic N) is 3. The molecule has 2 aromatic rings. The lowest BCUT2D eigenvalue weighted by molar-refractivity contribution is 0.0946. The van der Waals surface area contributed by atoms with Crippen molar-refractivity contribution in [2.45, 2.75) is 26.3 Å². The highest BCUT2D eigenvalue weighted by Gasteiger charge is 2.19. The van der Waals surface area contributed by atoms with Crippen LogP contribution in [0.15, 0.2) is 36.5 Å². The number of rotatable bonds is 4. The van der Waals surface area contributed by atoms with Crippen molar-refractivity contribution in [3.05, 3.63) is 52.8 Å². The highest BCUT2D eigenvalue weighted by molar-refractivity contribution is 6.30. The summed E-state index contributed by atoms with van der Waals surface area (Å²) in [5.74, 6) is 1.19. The average Bonchev–Trinajstić information content (AvgIpc) is 2.62. The Morgan fingerprint density at radius 2 is 1.96 bits per heavy atom. The first kappa shape index (κ1) is 16.7. The first-order valence-corrected chi connectivity index (χ1v) is 8.60. The van der Waals surface area contributed by atoms with Gasteiger partial charge in [0, 0.05) is 30.9 Å². The van der Waals surface area contributed by atoms with Crippen LogP contribution in [0.1, 0.15) is 35.8 Å². The first-order valence-electron chi connectivity index (χ1n) is 8.22. The zero-order chi connectivity index (χ0) is 16.9. The summed E-state index contributed by atoms with van der Waals surface area (Å²) in [4.78, 5) is 23.2. The maximum absolute atomic E-state index is 12.3. The number of nitrogens with one attached hydrogen (secondary N) is 1. The minimum absolute atomic E-state index is 0.195. The third-order valence-corrected chi connectivity index (χ3v) is 4.56. The van der Waals surface area contributed by atoms with E-state index in [2.05, 4.69) is 27.1 Å². The van der Waals surface area contributed by atoms with E-state index in [-0.39, 0.29) is 5.91 Å². The van der Waals surface area contributed by atoms with Gasteiger partial charge in [-0.15, -0.1) is 0 Å². The number of piperidine rings is 1. The maximum atomic E-state index is 12.3. The number of carbonyl (C=O) groups is 1. The highest BCUT2D eigenvalue weighted by Crippen LogP contribution is 2.19. The Balaban J connectivity index is 1.62. The smallest absolute Gasteiger partial charge is 0.270 e. The summed E-state index contributed by atoms with van der Waals surface area (Å²) < 4.78 is 0. The second-order valence-corrected chi connectivity index (χ2v) is 6.66. The van der Waals surface area contributed by atoms with Gasteiger partial charge >= 0.3 is 0 Å². The van der Waals surface area contributed by atoms with Gasteiger partial charge in [0.2, 0.25) is 5.95 Å². The summed E-state index contributed by atoms with van der Waals surface area (Å²) in [5, 5.41) is 3.56. The third-order valence-electron chi connectivity index (χ3n) is 4.31. The van der Waals surface area contributed by atoms with Crippen molar-refractivity contribution in [1.29, 1.82) is 0 Å². The lowest BCUT2D eigenvalue weighted by Crippen LogP contribution is -2.34. The topological polar surface area (TPSA) is 58.1 Å². The van der Waals surface area contributed by atoms with Gasteiger partial charge in [0.15, 0.2) is 0 Å². The summed E-state index contributed by atoms with van der Waals surface area (Å²) in [5.41, 5.74) is 1.39. The van der Waals surface area contributed by atoms with Crippen molar-refractivity contribution in [3.8, 4) is 0 Å². The molecule has 1 aromatic heterocycles. The van der Waals surface area contributed by atoms with E-state index in [0.717, 1.165) is 37.4 Å². The fourth-order valence-corrected chi connectivity index (χ4v) is 2.84.